The summed E-state index contributed by atoms with van der Waals surface area (Å²) in [4.78, 5) is 28.5. The van der Waals surface area contributed by atoms with E-state index in [9.17, 15) is 9.59 Å². The molecule has 0 aromatic heterocycles. The smallest absolute Gasteiger partial charge is 0.322 e. The molecular weight excluding hydrogens is 574 g/mol. The minimum absolute atomic E-state index is 0.00244. The number of anilines is 1. The summed E-state index contributed by atoms with van der Waals surface area (Å²) in [5.41, 5.74) is 20.9. The quantitative estimate of drug-likeness (QED) is 0.100. The van der Waals surface area contributed by atoms with E-state index in [4.69, 9.17) is 11.3 Å². The van der Waals surface area contributed by atoms with Crippen LogP contribution in [0.4, 0.5) is 10.5 Å². The highest BCUT2D eigenvalue weighted by Crippen LogP contribution is 2.33. The zero-order valence-electron chi connectivity index (χ0n) is 26.6. The molecule has 2 atom stereocenters. The monoisotopic (exact) mass is 617 g/mol. The fourth-order valence-electron chi connectivity index (χ4n) is 6.31. The molecule has 0 bridgehead atoms. The standard InChI is InChI=1S/C37H43N7O2/c1-25-10-9-15-33(29-13-7-4-8-14-29)34(25)23-40-37(46)44(32-20-18-28(19-21-32)27-11-5-3-6-12-27)24-31-17-16-30(22-26(31)2)35(45)41-36(38)42-43-39/h4,7-9,11,13-21,25-26H,3,5-6,10,12,22-24H2,1-2H3,(H,40,46)(H4,38,39,41,42,45). The minimum atomic E-state index is -0.382. The first-order valence-corrected chi connectivity index (χ1v) is 16.0. The second kappa shape index (κ2) is 15.3. The molecule has 9 nitrogen and oxygen atoms in total. The van der Waals surface area contributed by atoms with Crippen LogP contribution in [0.5, 0.6) is 0 Å². The van der Waals surface area contributed by atoms with E-state index in [-0.39, 0.29) is 23.8 Å². The highest BCUT2D eigenvalue weighted by Gasteiger charge is 2.26. The molecule has 5 N–H and O–H groups in total. The van der Waals surface area contributed by atoms with E-state index < -0.39 is 0 Å². The van der Waals surface area contributed by atoms with Crippen LogP contribution in [-0.4, -0.2) is 31.0 Å². The van der Waals surface area contributed by atoms with Gasteiger partial charge in [-0.3, -0.25) is 15.0 Å². The Kier molecular flexibility index (Phi) is 10.8. The lowest BCUT2D eigenvalue weighted by Crippen LogP contribution is -2.43. The Labute approximate surface area is 271 Å². The first kappa shape index (κ1) is 32.3. The predicted octanol–water partition coefficient (Wildman–Crippen LogP) is 7.48. The molecule has 0 radical (unpaired) electrons. The van der Waals surface area contributed by atoms with Crippen molar-refractivity contribution in [1.29, 1.82) is 5.53 Å². The van der Waals surface area contributed by atoms with Crippen molar-refractivity contribution in [3.05, 3.63) is 113 Å². The lowest BCUT2D eigenvalue weighted by molar-refractivity contribution is -0.116. The van der Waals surface area contributed by atoms with Crippen LogP contribution in [0.2, 0.25) is 0 Å². The van der Waals surface area contributed by atoms with E-state index in [2.05, 4.69) is 70.4 Å². The van der Waals surface area contributed by atoms with Crippen LogP contribution in [0.1, 0.15) is 63.5 Å². The Bertz CT molecular complexity index is 1630. The fourth-order valence-corrected chi connectivity index (χ4v) is 6.31. The number of nitrogens with one attached hydrogen (secondary N) is 3. The van der Waals surface area contributed by atoms with Crippen LogP contribution in [-0.2, 0) is 4.79 Å². The van der Waals surface area contributed by atoms with Gasteiger partial charge in [0.1, 0.15) is 0 Å². The third kappa shape index (κ3) is 7.96. The molecule has 0 saturated heterocycles. The molecule has 3 aliphatic carbocycles. The first-order chi connectivity index (χ1) is 22.3. The van der Waals surface area contributed by atoms with Crippen molar-refractivity contribution in [3.63, 3.8) is 0 Å². The summed E-state index contributed by atoms with van der Waals surface area (Å²) in [6.07, 6.45) is 16.4. The second-order valence-electron chi connectivity index (χ2n) is 12.2. The lowest BCUT2D eigenvalue weighted by atomic mass is 9.85. The fraction of sp³-hybridized carbons (Fsp3) is 0.324. The number of benzene rings is 2. The highest BCUT2D eigenvalue weighted by atomic mass is 16.2. The Morgan fingerprint density at radius 3 is 2.48 bits per heavy atom. The topological polar surface area (TPSA) is 136 Å². The molecule has 2 aromatic carbocycles. The lowest BCUT2D eigenvalue weighted by Gasteiger charge is -2.30. The molecule has 3 amide bonds. The molecule has 2 unspecified atom stereocenters. The summed E-state index contributed by atoms with van der Waals surface area (Å²) in [7, 11) is 0. The number of nitrogens with zero attached hydrogens (tertiary/aromatic N) is 3. The Morgan fingerprint density at radius 2 is 1.78 bits per heavy atom. The molecule has 5 rings (SSSR count). The van der Waals surface area contributed by atoms with Gasteiger partial charge in [-0.1, -0.05) is 91.8 Å². The normalized spacial score (nSPS) is 19.9. The maximum absolute atomic E-state index is 14.1. The summed E-state index contributed by atoms with van der Waals surface area (Å²) in [6, 6.07) is 18.5. The van der Waals surface area contributed by atoms with Crippen molar-refractivity contribution < 1.29 is 9.59 Å². The third-order valence-electron chi connectivity index (χ3n) is 9.01. The average Bonchev–Trinajstić information content (AvgIpc) is 3.08. The van der Waals surface area contributed by atoms with Crippen LogP contribution < -0.4 is 21.3 Å². The highest BCUT2D eigenvalue weighted by molar-refractivity contribution is 6.05. The van der Waals surface area contributed by atoms with Crippen molar-refractivity contribution >= 4 is 34.7 Å². The number of carbonyl (C=O) groups is 2. The van der Waals surface area contributed by atoms with Gasteiger partial charge >= 0.3 is 6.03 Å². The van der Waals surface area contributed by atoms with E-state index in [1.54, 1.807) is 11.0 Å². The summed E-state index contributed by atoms with van der Waals surface area (Å²) >= 11 is 0. The number of nitrogens with two attached hydrogens (primary N) is 1. The summed E-state index contributed by atoms with van der Waals surface area (Å²) in [5.74, 6) is -0.302. The number of hydrogen-bond donors (Lipinski definition) is 4. The molecule has 46 heavy (non-hydrogen) atoms. The summed E-state index contributed by atoms with van der Waals surface area (Å²) in [5, 5.41) is 11.9. The van der Waals surface area contributed by atoms with Gasteiger partial charge in [-0.2, -0.15) is 5.53 Å². The largest absolute Gasteiger partial charge is 0.368 e. The third-order valence-corrected chi connectivity index (χ3v) is 9.01. The molecular formula is C37H43N7O2. The maximum atomic E-state index is 14.1. The zero-order valence-corrected chi connectivity index (χ0v) is 26.6. The van der Waals surface area contributed by atoms with Crippen LogP contribution in [0.15, 0.2) is 112 Å². The number of urea groups is 1. The van der Waals surface area contributed by atoms with Gasteiger partial charge in [0.25, 0.3) is 5.91 Å². The Hall–Kier alpha value is -5.05. The van der Waals surface area contributed by atoms with Gasteiger partial charge in [0.15, 0.2) is 0 Å². The van der Waals surface area contributed by atoms with Crippen molar-refractivity contribution in [2.75, 3.05) is 18.0 Å². The van der Waals surface area contributed by atoms with Crippen LogP contribution in [0.3, 0.4) is 0 Å². The average molecular weight is 618 g/mol. The number of carbonyl (C=O) groups excluding carboxylic acids is 2. The number of rotatable bonds is 9. The van der Waals surface area contributed by atoms with Crippen LogP contribution in [0, 0.1) is 17.4 Å². The summed E-state index contributed by atoms with van der Waals surface area (Å²) in [6.45, 7) is 5.08. The maximum Gasteiger partial charge on any atom is 0.322 e. The van der Waals surface area contributed by atoms with Crippen molar-refractivity contribution in [3.8, 4) is 0 Å². The SMILES string of the molecule is CC1CC(C(=O)NC(N)=NN=N)=CC=C1CN(C(=O)NCC1=C(c2ccccc2)C=CCC1C)c1ccc(C2=CCCCC2)cc1. The molecule has 0 heterocycles. The van der Waals surface area contributed by atoms with Crippen molar-refractivity contribution in [1.82, 2.24) is 10.6 Å². The van der Waals surface area contributed by atoms with E-state index in [0.717, 1.165) is 41.7 Å². The van der Waals surface area contributed by atoms with Gasteiger partial charge in [0, 0.05) is 24.4 Å². The first-order valence-electron chi connectivity index (χ1n) is 16.0. The number of allylic oxidation sites excluding steroid dienone is 7. The van der Waals surface area contributed by atoms with Gasteiger partial charge in [-0.15, -0.1) is 0 Å². The van der Waals surface area contributed by atoms with Gasteiger partial charge in [0.05, 0.1) is 0 Å². The molecule has 3 aliphatic rings. The molecule has 0 fully saturated rings. The molecule has 0 aliphatic heterocycles. The number of guanidine groups is 1. The van der Waals surface area contributed by atoms with Crippen LogP contribution in [0.25, 0.3) is 11.1 Å². The molecule has 9 heteroatoms. The van der Waals surface area contributed by atoms with Gasteiger partial charge in [-0.05, 0) is 101 Å². The Balaban J connectivity index is 1.40. The zero-order chi connectivity index (χ0) is 32.5. The number of amides is 3. The molecule has 2 aromatic rings. The predicted molar refractivity (Wildman–Crippen MR) is 185 cm³/mol. The molecule has 0 spiro atoms. The van der Waals surface area contributed by atoms with Crippen LogP contribution >= 0.6 is 0 Å². The van der Waals surface area contributed by atoms with Crippen molar-refractivity contribution in [2.45, 2.75) is 52.4 Å². The van der Waals surface area contributed by atoms with Gasteiger partial charge in [0.2, 0.25) is 5.96 Å². The molecule has 0 saturated carbocycles. The van der Waals surface area contributed by atoms with E-state index in [0.29, 0.717) is 31.0 Å². The van der Waals surface area contributed by atoms with E-state index in [1.165, 1.54) is 29.6 Å². The van der Waals surface area contributed by atoms with Crippen molar-refractivity contribution in [2.24, 2.45) is 27.9 Å². The number of hydrogen-bond acceptors (Lipinski definition) is 4. The molecule has 238 valence electrons. The second-order valence-corrected chi connectivity index (χ2v) is 12.2. The van der Waals surface area contributed by atoms with Gasteiger partial charge < -0.3 is 11.1 Å². The summed E-state index contributed by atoms with van der Waals surface area (Å²) < 4.78 is 0. The minimum Gasteiger partial charge on any atom is -0.368 e. The Morgan fingerprint density at radius 1 is 1.00 bits per heavy atom. The van der Waals surface area contributed by atoms with Gasteiger partial charge in [-0.25, -0.2) is 4.79 Å². The van der Waals surface area contributed by atoms with E-state index in [1.807, 2.05) is 43.3 Å². The van der Waals surface area contributed by atoms with E-state index >= 15 is 0 Å².